The van der Waals surface area contributed by atoms with Gasteiger partial charge in [-0.2, -0.15) is 0 Å². The van der Waals surface area contributed by atoms with Crippen molar-refractivity contribution in [2.75, 3.05) is 0 Å². The number of carbonyl (C=O) groups is 1. The molecule has 126 valence electrons. The second-order valence-electron chi connectivity index (χ2n) is 7.67. The number of allylic oxidation sites excluding steroid dienone is 1. The summed E-state index contributed by atoms with van der Waals surface area (Å²) in [6.07, 6.45) is 4.53. The number of rotatable bonds is 2. The van der Waals surface area contributed by atoms with Crippen molar-refractivity contribution in [1.82, 2.24) is 0 Å². The zero-order valence-electron chi connectivity index (χ0n) is 14.5. The summed E-state index contributed by atoms with van der Waals surface area (Å²) in [7, 11) is 0. The molecule has 2 nitrogen and oxygen atoms in total. The van der Waals surface area contributed by atoms with E-state index in [0.717, 1.165) is 37.0 Å². The van der Waals surface area contributed by atoms with Gasteiger partial charge in [0.2, 0.25) is 0 Å². The minimum absolute atomic E-state index is 0.170. The molecule has 3 aliphatic rings. The van der Waals surface area contributed by atoms with Crippen LogP contribution in [0.5, 0.6) is 0 Å². The normalized spacial score (nSPS) is 26.5. The zero-order chi connectivity index (χ0) is 17.1. The molecule has 0 saturated heterocycles. The average Bonchev–Trinajstić information content (AvgIpc) is 3.36. The van der Waals surface area contributed by atoms with E-state index in [-0.39, 0.29) is 5.41 Å². The monoisotopic (exact) mass is 330 g/mol. The lowest BCUT2D eigenvalue weighted by Gasteiger charge is -2.37. The highest BCUT2D eigenvalue weighted by Gasteiger charge is 2.70. The molecule has 0 radical (unpaired) electrons. The molecule has 1 fully saturated rings. The molecular weight excluding hydrogens is 308 g/mol. The summed E-state index contributed by atoms with van der Waals surface area (Å²) in [6, 6.07) is 19.2. The number of hydrogen-bond acceptors (Lipinski definition) is 2. The fourth-order valence-electron chi connectivity index (χ4n) is 4.93. The van der Waals surface area contributed by atoms with Crippen LogP contribution in [-0.4, -0.2) is 5.78 Å². The van der Waals surface area contributed by atoms with Crippen molar-refractivity contribution in [3.8, 4) is 0 Å². The number of carbonyl (C=O) groups excluding carboxylic acids is 1. The molecule has 25 heavy (non-hydrogen) atoms. The van der Waals surface area contributed by atoms with Gasteiger partial charge in [0.1, 0.15) is 5.76 Å². The van der Waals surface area contributed by atoms with Gasteiger partial charge in [-0.15, -0.1) is 0 Å². The highest BCUT2D eigenvalue weighted by Crippen LogP contribution is 2.72. The molecule has 1 heterocycles. The van der Waals surface area contributed by atoms with E-state index >= 15 is 0 Å². The van der Waals surface area contributed by atoms with Crippen molar-refractivity contribution in [1.29, 1.82) is 0 Å². The van der Waals surface area contributed by atoms with Crippen LogP contribution < -0.4 is 0 Å². The molecule has 1 atom stereocenters. The third kappa shape index (κ3) is 1.88. The Hall–Kier alpha value is -2.35. The molecule has 2 heteroatoms. The van der Waals surface area contributed by atoms with Gasteiger partial charge < -0.3 is 4.74 Å². The van der Waals surface area contributed by atoms with Gasteiger partial charge in [-0.3, -0.25) is 4.79 Å². The second-order valence-corrected chi connectivity index (χ2v) is 7.67. The van der Waals surface area contributed by atoms with Crippen molar-refractivity contribution < 1.29 is 9.53 Å². The van der Waals surface area contributed by atoms with Crippen LogP contribution in [0.2, 0.25) is 0 Å². The molecule has 0 N–H and O–H groups in total. The van der Waals surface area contributed by atoms with E-state index in [2.05, 4.69) is 55.5 Å². The fourth-order valence-corrected chi connectivity index (χ4v) is 4.93. The van der Waals surface area contributed by atoms with Gasteiger partial charge in [0.05, 0.1) is 5.41 Å². The lowest BCUT2D eigenvalue weighted by Crippen LogP contribution is -2.38. The number of aryl methyl sites for hydroxylation is 1. The lowest BCUT2D eigenvalue weighted by molar-refractivity contribution is -0.116. The van der Waals surface area contributed by atoms with Gasteiger partial charge >= 0.3 is 0 Å². The van der Waals surface area contributed by atoms with Gasteiger partial charge in [-0.1, -0.05) is 60.2 Å². The number of ketones is 1. The first-order chi connectivity index (χ1) is 12.2. The largest absolute Gasteiger partial charge is 0.481 e. The van der Waals surface area contributed by atoms with Crippen molar-refractivity contribution >= 4 is 5.78 Å². The van der Waals surface area contributed by atoms with Gasteiger partial charge in [0, 0.05) is 29.5 Å². The van der Waals surface area contributed by atoms with Crippen LogP contribution >= 0.6 is 0 Å². The summed E-state index contributed by atoms with van der Waals surface area (Å²) in [4.78, 5) is 12.8. The molecule has 5 rings (SSSR count). The predicted molar refractivity (Wildman–Crippen MR) is 97.0 cm³/mol. The van der Waals surface area contributed by atoms with Gasteiger partial charge in [0.25, 0.3) is 0 Å². The highest BCUT2D eigenvalue weighted by molar-refractivity contribution is 5.99. The maximum Gasteiger partial charge on any atom is 0.168 e. The SMILES string of the molecule is Cc1ccc(C2(c3ccccc3)OC3=C(C(=O)CCC3)C23CC3)cc1. The van der Waals surface area contributed by atoms with E-state index in [0.29, 0.717) is 12.2 Å². The van der Waals surface area contributed by atoms with Crippen LogP contribution in [0, 0.1) is 12.3 Å². The number of Topliss-reactive ketones (excluding diaryl/α,β-unsaturated/α-hetero) is 1. The van der Waals surface area contributed by atoms with Gasteiger partial charge in [-0.05, 0) is 26.2 Å². The average molecular weight is 330 g/mol. The molecule has 0 amide bonds. The van der Waals surface area contributed by atoms with Crippen molar-refractivity contribution in [2.45, 2.75) is 44.6 Å². The van der Waals surface area contributed by atoms with Crippen LogP contribution in [0.15, 0.2) is 65.9 Å². The van der Waals surface area contributed by atoms with Crippen LogP contribution in [0.3, 0.4) is 0 Å². The van der Waals surface area contributed by atoms with E-state index in [4.69, 9.17) is 4.74 Å². The predicted octanol–water partition coefficient (Wildman–Crippen LogP) is 5.06. The zero-order valence-corrected chi connectivity index (χ0v) is 14.5. The van der Waals surface area contributed by atoms with Gasteiger partial charge in [0.15, 0.2) is 11.4 Å². The molecule has 2 aromatic rings. The Bertz CT molecular complexity index is 872. The highest BCUT2D eigenvalue weighted by atomic mass is 16.5. The van der Waals surface area contributed by atoms with E-state index in [1.54, 1.807) is 0 Å². The van der Waals surface area contributed by atoms with Crippen LogP contribution in [0.25, 0.3) is 0 Å². The molecule has 2 aliphatic carbocycles. The minimum atomic E-state index is -0.549. The van der Waals surface area contributed by atoms with Crippen LogP contribution in [0.1, 0.15) is 48.8 Å². The van der Waals surface area contributed by atoms with E-state index in [9.17, 15) is 4.79 Å². The van der Waals surface area contributed by atoms with Crippen LogP contribution in [0.4, 0.5) is 0 Å². The van der Waals surface area contributed by atoms with E-state index in [1.807, 2.05) is 6.07 Å². The summed E-state index contributed by atoms with van der Waals surface area (Å²) in [5.41, 5.74) is 3.86. The standard InChI is InChI=1S/C23H22O2/c1-16-10-12-18(13-11-16)23(17-6-3-2-4-7-17)22(14-15-22)21-19(24)8-5-9-20(21)25-23/h2-4,6-7,10-13H,5,8-9,14-15H2,1H3. The van der Waals surface area contributed by atoms with E-state index in [1.165, 1.54) is 16.7 Å². The Morgan fingerprint density at radius 3 is 2.24 bits per heavy atom. The lowest BCUT2D eigenvalue weighted by atomic mass is 9.69. The molecule has 0 aromatic heterocycles. The molecule has 1 aliphatic heterocycles. The molecular formula is C23H22O2. The Kier molecular flexibility index (Phi) is 3.03. The third-order valence-electron chi connectivity index (χ3n) is 6.18. The number of ether oxygens (including phenoxy) is 1. The topological polar surface area (TPSA) is 26.3 Å². The fraction of sp³-hybridized carbons (Fsp3) is 0.348. The second kappa shape index (κ2) is 5.08. The van der Waals surface area contributed by atoms with Crippen LogP contribution in [-0.2, 0) is 15.1 Å². The quantitative estimate of drug-likeness (QED) is 0.769. The number of hydrogen-bond donors (Lipinski definition) is 0. The minimum Gasteiger partial charge on any atom is -0.481 e. The Balaban J connectivity index is 1.76. The summed E-state index contributed by atoms with van der Waals surface area (Å²) in [5, 5.41) is 0. The van der Waals surface area contributed by atoms with Crippen molar-refractivity contribution in [3.63, 3.8) is 0 Å². The van der Waals surface area contributed by atoms with E-state index < -0.39 is 5.60 Å². The Labute approximate surface area is 148 Å². The number of fused-ring (bicyclic) bond motifs is 1. The summed E-state index contributed by atoms with van der Waals surface area (Å²) in [6.45, 7) is 2.11. The first-order valence-corrected chi connectivity index (χ1v) is 9.26. The number of benzene rings is 2. The first-order valence-electron chi connectivity index (χ1n) is 9.26. The Morgan fingerprint density at radius 2 is 1.56 bits per heavy atom. The molecule has 1 unspecified atom stereocenters. The molecule has 1 saturated carbocycles. The summed E-state index contributed by atoms with van der Waals surface area (Å²) in [5.74, 6) is 1.27. The third-order valence-corrected chi connectivity index (χ3v) is 6.18. The molecule has 1 spiro atoms. The maximum absolute atomic E-state index is 12.8. The molecule has 2 aromatic carbocycles. The molecule has 0 bridgehead atoms. The Morgan fingerprint density at radius 1 is 0.880 bits per heavy atom. The van der Waals surface area contributed by atoms with Crippen molar-refractivity contribution in [2.24, 2.45) is 5.41 Å². The van der Waals surface area contributed by atoms with Crippen molar-refractivity contribution in [3.05, 3.63) is 82.6 Å². The first kappa shape index (κ1) is 14.9. The van der Waals surface area contributed by atoms with Gasteiger partial charge in [-0.25, -0.2) is 0 Å². The maximum atomic E-state index is 12.8. The smallest absolute Gasteiger partial charge is 0.168 e. The summed E-state index contributed by atoms with van der Waals surface area (Å²) >= 11 is 0. The summed E-state index contributed by atoms with van der Waals surface area (Å²) < 4.78 is 6.77.